The number of hydrogen-bond acceptors (Lipinski definition) is 1. The first-order valence-electron chi connectivity index (χ1n) is 3.61. The SMILES string of the molecule is C#CCN(CCC)C(=O)C=C. The normalized spacial score (nSPS) is 8.36. The van der Waals surface area contributed by atoms with Crippen LogP contribution in [0.3, 0.4) is 0 Å². The molecular weight excluding hydrogens is 138 g/mol. The van der Waals surface area contributed by atoms with E-state index >= 15 is 0 Å². The minimum absolute atomic E-state index is 0.0928. The van der Waals surface area contributed by atoms with Crippen molar-refractivity contribution in [2.45, 2.75) is 13.3 Å². The van der Waals surface area contributed by atoms with Crippen molar-refractivity contribution >= 4 is 5.91 Å². The lowest BCUT2D eigenvalue weighted by Crippen LogP contribution is -2.30. The Kier molecular flexibility index (Phi) is 4.93. The molecule has 0 aromatic rings. The van der Waals surface area contributed by atoms with Crippen LogP contribution in [0.1, 0.15) is 13.3 Å². The fourth-order valence-corrected chi connectivity index (χ4v) is 0.776. The summed E-state index contributed by atoms with van der Waals surface area (Å²) in [4.78, 5) is 12.6. The van der Waals surface area contributed by atoms with Crippen LogP contribution >= 0.6 is 0 Å². The number of carbonyl (C=O) groups is 1. The van der Waals surface area contributed by atoms with Crippen LogP contribution in [0.5, 0.6) is 0 Å². The average molecular weight is 151 g/mol. The molecule has 0 saturated carbocycles. The maximum absolute atomic E-state index is 11.0. The summed E-state index contributed by atoms with van der Waals surface area (Å²) in [5.74, 6) is 2.33. The average Bonchev–Trinajstić information content (AvgIpc) is 2.03. The summed E-state index contributed by atoms with van der Waals surface area (Å²) < 4.78 is 0. The highest BCUT2D eigenvalue weighted by atomic mass is 16.2. The molecule has 2 nitrogen and oxygen atoms in total. The molecule has 0 aromatic carbocycles. The molecule has 0 unspecified atom stereocenters. The predicted molar refractivity (Wildman–Crippen MR) is 45.9 cm³/mol. The lowest BCUT2D eigenvalue weighted by atomic mass is 10.4. The van der Waals surface area contributed by atoms with Gasteiger partial charge in [-0.2, -0.15) is 0 Å². The van der Waals surface area contributed by atoms with Crippen LogP contribution in [-0.2, 0) is 4.79 Å². The Morgan fingerprint density at radius 2 is 2.45 bits per heavy atom. The van der Waals surface area contributed by atoms with Gasteiger partial charge in [-0.3, -0.25) is 4.79 Å². The van der Waals surface area contributed by atoms with E-state index < -0.39 is 0 Å². The first-order chi connectivity index (χ1) is 5.26. The van der Waals surface area contributed by atoms with Gasteiger partial charge in [0.1, 0.15) is 0 Å². The third-order valence-corrected chi connectivity index (χ3v) is 1.26. The van der Waals surface area contributed by atoms with Gasteiger partial charge >= 0.3 is 0 Å². The molecule has 0 rings (SSSR count). The van der Waals surface area contributed by atoms with Crippen molar-refractivity contribution in [1.29, 1.82) is 0 Å². The maximum Gasteiger partial charge on any atom is 0.246 e. The minimum atomic E-state index is -0.0928. The third-order valence-electron chi connectivity index (χ3n) is 1.26. The second-order valence-corrected chi connectivity index (χ2v) is 2.17. The first kappa shape index (κ1) is 9.77. The Labute approximate surface area is 67.9 Å². The number of amides is 1. The van der Waals surface area contributed by atoms with Gasteiger partial charge in [-0.1, -0.05) is 19.4 Å². The van der Waals surface area contributed by atoms with Gasteiger partial charge in [0.25, 0.3) is 0 Å². The molecule has 0 N–H and O–H groups in total. The van der Waals surface area contributed by atoms with E-state index in [-0.39, 0.29) is 5.91 Å². The second kappa shape index (κ2) is 5.55. The van der Waals surface area contributed by atoms with Crippen LogP contribution in [0.2, 0.25) is 0 Å². The van der Waals surface area contributed by atoms with Crippen molar-refractivity contribution in [2.75, 3.05) is 13.1 Å². The molecule has 1 amide bonds. The van der Waals surface area contributed by atoms with Crippen LogP contribution in [0.15, 0.2) is 12.7 Å². The summed E-state index contributed by atoms with van der Waals surface area (Å²) in [5.41, 5.74) is 0. The Morgan fingerprint density at radius 3 is 2.82 bits per heavy atom. The van der Waals surface area contributed by atoms with E-state index in [1.165, 1.54) is 6.08 Å². The van der Waals surface area contributed by atoms with E-state index in [4.69, 9.17) is 6.42 Å². The van der Waals surface area contributed by atoms with Gasteiger partial charge in [0.15, 0.2) is 0 Å². The van der Waals surface area contributed by atoms with Crippen molar-refractivity contribution in [1.82, 2.24) is 4.90 Å². The van der Waals surface area contributed by atoms with E-state index in [9.17, 15) is 4.79 Å². The van der Waals surface area contributed by atoms with Gasteiger partial charge in [0, 0.05) is 6.54 Å². The number of carbonyl (C=O) groups excluding carboxylic acids is 1. The zero-order valence-corrected chi connectivity index (χ0v) is 6.84. The highest BCUT2D eigenvalue weighted by Crippen LogP contribution is 1.91. The van der Waals surface area contributed by atoms with Crippen LogP contribution in [0.4, 0.5) is 0 Å². The molecule has 0 bridgehead atoms. The zero-order valence-electron chi connectivity index (χ0n) is 6.84. The van der Waals surface area contributed by atoms with Crippen molar-refractivity contribution in [2.24, 2.45) is 0 Å². The summed E-state index contributed by atoms with van der Waals surface area (Å²) in [6, 6.07) is 0. The lowest BCUT2D eigenvalue weighted by Gasteiger charge is -2.16. The van der Waals surface area contributed by atoms with E-state index in [2.05, 4.69) is 12.5 Å². The highest BCUT2D eigenvalue weighted by Gasteiger charge is 2.05. The van der Waals surface area contributed by atoms with Gasteiger partial charge in [-0.05, 0) is 12.5 Å². The summed E-state index contributed by atoms with van der Waals surface area (Å²) in [5, 5.41) is 0. The van der Waals surface area contributed by atoms with Crippen LogP contribution in [-0.4, -0.2) is 23.9 Å². The van der Waals surface area contributed by atoms with Crippen LogP contribution in [0, 0.1) is 12.3 Å². The van der Waals surface area contributed by atoms with E-state index in [0.29, 0.717) is 13.1 Å². The standard InChI is InChI=1S/C9H13NO/c1-4-7-10(8-5-2)9(11)6-3/h1,6H,3,5,7-8H2,2H3. The quantitative estimate of drug-likeness (QED) is 0.434. The van der Waals surface area contributed by atoms with Crippen molar-refractivity contribution in [3.63, 3.8) is 0 Å². The molecule has 0 radical (unpaired) electrons. The van der Waals surface area contributed by atoms with E-state index in [1.54, 1.807) is 4.90 Å². The molecular formula is C9H13NO. The topological polar surface area (TPSA) is 20.3 Å². The maximum atomic E-state index is 11.0. The first-order valence-corrected chi connectivity index (χ1v) is 3.61. The summed E-state index contributed by atoms with van der Waals surface area (Å²) >= 11 is 0. The number of terminal acetylenes is 1. The lowest BCUT2D eigenvalue weighted by molar-refractivity contribution is -0.125. The van der Waals surface area contributed by atoms with Crippen molar-refractivity contribution < 1.29 is 4.79 Å². The largest absolute Gasteiger partial charge is 0.328 e. The molecule has 11 heavy (non-hydrogen) atoms. The fourth-order valence-electron chi connectivity index (χ4n) is 0.776. The van der Waals surface area contributed by atoms with E-state index in [1.807, 2.05) is 6.92 Å². The molecule has 0 spiro atoms. The summed E-state index contributed by atoms with van der Waals surface area (Å²) in [7, 11) is 0. The van der Waals surface area contributed by atoms with E-state index in [0.717, 1.165) is 6.42 Å². The van der Waals surface area contributed by atoms with Crippen LogP contribution in [0.25, 0.3) is 0 Å². The molecule has 0 aliphatic rings. The smallest absolute Gasteiger partial charge is 0.246 e. The minimum Gasteiger partial charge on any atom is -0.328 e. The molecule has 60 valence electrons. The van der Waals surface area contributed by atoms with Crippen LogP contribution < -0.4 is 0 Å². The molecule has 0 aliphatic carbocycles. The van der Waals surface area contributed by atoms with Gasteiger partial charge in [0.05, 0.1) is 6.54 Å². The van der Waals surface area contributed by atoms with Gasteiger partial charge in [-0.15, -0.1) is 6.42 Å². The van der Waals surface area contributed by atoms with Gasteiger partial charge < -0.3 is 4.90 Å². The molecule has 0 atom stereocenters. The third kappa shape index (κ3) is 3.47. The van der Waals surface area contributed by atoms with Crippen molar-refractivity contribution in [3.05, 3.63) is 12.7 Å². The monoisotopic (exact) mass is 151 g/mol. The Balaban J connectivity index is 3.99. The van der Waals surface area contributed by atoms with Gasteiger partial charge in [0.2, 0.25) is 5.91 Å². The summed E-state index contributed by atoms with van der Waals surface area (Å²) in [6.07, 6.45) is 7.28. The molecule has 2 heteroatoms. The molecule has 0 saturated heterocycles. The number of nitrogens with zero attached hydrogens (tertiary/aromatic N) is 1. The molecule has 0 fully saturated rings. The Morgan fingerprint density at radius 1 is 1.82 bits per heavy atom. The Bertz CT molecular complexity index is 178. The molecule has 0 heterocycles. The summed E-state index contributed by atoms with van der Waals surface area (Å²) in [6.45, 7) is 6.46. The number of hydrogen-bond donors (Lipinski definition) is 0. The van der Waals surface area contributed by atoms with Gasteiger partial charge in [-0.25, -0.2) is 0 Å². The highest BCUT2D eigenvalue weighted by molar-refractivity contribution is 5.87. The molecule has 0 aliphatic heterocycles. The predicted octanol–water partition coefficient (Wildman–Crippen LogP) is 1.04. The molecule has 0 aromatic heterocycles. The number of rotatable bonds is 4. The second-order valence-electron chi connectivity index (χ2n) is 2.17. The fraction of sp³-hybridized carbons (Fsp3) is 0.444. The zero-order chi connectivity index (χ0) is 8.69. The van der Waals surface area contributed by atoms with Crippen molar-refractivity contribution in [3.8, 4) is 12.3 Å². The Hall–Kier alpha value is -1.23.